The van der Waals surface area contributed by atoms with Crippen LogP contribution in [0.1, 0.15) is 24.1 Å². The Labute approximate surface area is 145 Å². The van der Waals surface area contributed by atoms with Gasteiger partial charge in [0.25, 0.3) is 0 Å². The molecule has 5 heteroatoms. The van der Waals surface area contributed by atoms with Gasteiger partial charge < -0.3 is 5.32 Å². The molecule has 2 aromatic carbocycles. The van der Waals surface area contributed by atoms with Gasteiger partial charge in [0.15, 0.2) is 0 Å². The maximum Gasteiger partial charge on any atom is 0.0640 e. The van der Waals surface area contributed by atoms with Gasteiger partial charge in [-0.3, -0.25) is 0 Å². The lowest BCUT2D eigenvalue weighted by Crippen LogP contribution is -2.23. The molecule has 2 rings (SSSR count). The quantitative estimate of drug-likeness (QED) is 0.668. The van der Waals surface area contributed by atoms with Crippen LogP contribution in [-0.2, 0) is 6.42 Å². The zero-order valence-corrected chi connectivity index (χ0v) is 14.5. The second-order valence-corrected chi connectivity index (χ2v) is 6.24. The first-order valence-electron chi connectivity index (χ1n) is 6.64. The van der Waals surface area contributed by atoms with Crippen molar-refractivity contribution in [3.05, 3.63) is 67.6 Å². The lowest BCUT2D eigenvalue weighted by molar-refractivity contribution is 0.550. The summed E-state index contributed by atoms with van der Waals surface area (Å²) in [7, 11) is 0. The fourth-order valence-electron chi connectivity index (χ4n) is 2.25. The molecule has 0 aromatic heterocycles. The minimum absolute atomic E-state index is 0.0252. The molecule has 0 radical (unpaired) electrons. The molecule has 0 spiro atoms. The lowest BCUT2D eigenvalue weighted by Gasteiger charge is -2.21. The molecule has 0 saturated carbocycles. The van der Waals surface area contributed by atoms with E-state index < -0.39 is 0 Å². The predicted molar refractivity (Wildman–Crippen MR) is 93.0 cm³/mol. The highest BCUT2D eigenvalue weighted by Crippen LogP contribution is 2.34. The van der Waals surface area contributed by atoms with Crippen molar-refractivity contribution >= 4 is 46.4 Å². The molecule has 2 aromatic rings. The van der Waals surface area contributed by atoms with Crippen LogP contribution in [0.4, 0.5) is 0 Å². The normalized spacial score (nSPS) is 12.4. The zero-order chi connectivity index (χ0) is 15.4. The average molecular weight is 363 g/mol. The first-order chi connectivity index (χ1) is 10.0. The van der Waals surface area contributed by atoms with E-state index in [0.29, 0.717) is 26.5 Å². The molecule has 0 aliphatic carbocycles. The smallest absolute Gasteiger partial charge is 0.0640 e. The van der Waals surface area contributed by atoms with Crippen LogP contribution < -0.4 is 5.32 Å². The molecular formula is C16H15Cl4N. The number of hydrogen-bond donors (Lipinski definition) is 1. The highest BCUT2D eigenvalue weighted by atomic mass is 35.5. The standard InChI is InChI=1S/C16H15Cl4N/c1-2-21-14(11-6-4-8-13(18)16(11)20)9-10-5-3-7-12(17)15(10)19/h3-8,14,21H,2,9H2,1H3. The van der Waals surface area contributed by atoms with E-state index in [2.05, 4.69) is 5.32 Å². The van der Waals surface area contributed by atoms with Crippen molar-refractivity contribution in [3.63, 3.8) is 0 Å². The van der Waals surface area contributed by atoms with E-state index in [0.717, 1.165) is 17.7 Å². The topological polar surface area (TPSA) is 12.0 Å². The fraction of sp³-hybridized carbons (Fsp3) is 0.250. The van der Waals surface area contributed by atoms with Crippen molar-refractivity contribution in [1.29, 1.82) is 0 Å². The molecule has 0 aliphatic heterocycles. The van der Waals surface area contributed by atoms with Crippen molar-refractivity contribution in [2.75, 3.05) is 6.54 Å². The molecule has 1 unspecified atom stereocenters. The average Bonchev–Trinajstić information content (AvgIpc) is 2.46. The number of hydrogen-bond acceptors (Lipinski definition) is 1. The minimum Gasteiger partial charge on any atom is -0.310 e. The van der Waals surface area contributed by atoms with Crippen LogP contribution in [0.15, 0.2) is 36.4 Å². The van der Waals surface area contributed by atoms with Crippen molar-refractivity contribution in [1.82, 2.24) is 5.32 Å². The second kappa shape index (κ2) is 7.71. The third-order valence-electron chi connectivity index (χ3n) is 3.26. The Morgan fingerprint density at radius 1 is 0.905 bits per heavy atom. The highest BCUT2D eigenvalue weighted by Gasteiger charge is 2.18. The lowest BCUT2D eigenvalue weighted by atomic mass is 9.98. The van der Waals surface area contributed by atoms with E-state index in [9.17, 15) is 0 Å². The van der Waals surface area contributed by atoms with E-state index in [-0.39, 0.29) is 6.04 Å². The minimum atomic E-state index is 0.0252. The van der Waals surface area contributed by atoms with Crippen LogP contribution in [0, 0.1) is 0 Å². The van der Waals surface area contributed by atoms with Crippen LogP contribution in [0.3, 0.4) is 0 Å². The Morgan fingerprint density at radius 3 is 2.19 bits per heavy atom. The van der Waals surface area contributed by atoms with Gasteiger partial charge in [0.2, 0.25) is 0 Å². The Balaban J connectivity index is 2.35. The SMILES string of the molecule is CCNC(Cc1cccc(Cl)c1Cl)c1cccc(Cl)c1Cl. The van der Waals surface area contributed by atoms with Gasteiger partial charge >= 0.3 is 0 Å². The summed E-state index contributed by atoms with van der Waals surface area (Å²) >= 11 is 24.8. The number of rotatable bonds is 5. The van der Waals surface area contributed by atoms with Crippen molar-refractivity contribution in [2.45, 2.75) is 19.4 Å². The molecule has 1 atom stereocenters. The van der Waals surface area contributed by atoms with Crippen LogP contribution in [-0.4, -0.2) is 6.54 Å². The van der Waals surface area contributed by atoms with Crippen LogP contribution in [0.25, 0.3) is 0 Å². The van der Waals surface area contributed by atoms with E-state index in [1.54, 1.807) is 12.1 Å². The molecule has 0 heterocycles. The largest absolute Gasteiger partial charge is 0.310 e. The maximum absolute atomic E-state index is 6.33. The molecule has 0 aliphatic rings. The molecule has 1 N–H and O–H groups in total. The summed E-state index contributed by atoms with van der Waals surface area (Å²) in [5, 5.41) is 5.68. The third-order valence-corrected chi connectivity index (χ3v) is 4.95. The predicted octanol–water partition coefficient (Wildman–Crippen LogP) is 6.19. The summed E-state index contributed by atoms with van der Waals surface area (Å²) in [4.78, 5) is 0. The zero-order valence-electron chi connectivity index (χ0n) is 11.5. The summed E-state index contributed by atoms with van der Waals surface area (Å²) in [5.74, 6) is 0. The van der Waals surface area contributed by atoms with Crippen LogP contribution in [0.5, 0.6) is 0 Å². The van der Waals surface area contributed by atoms with Gasteiger partial charge in [0.1, 0.15) is 0 Å². The second-order valence-electron chi connectivity index (χ2n) is 4.67. The first kappa shape index (κ1) is 16.9. The number of nitrogens with one attached hydrogen (secondary N) is 1. The molecular weight excluding hydrogens is 348 g/mol. The van der Waals surface area contributed by atoms with Gasteiger partial charge in [0.05, 0.1) is 20.1 Å². The number of likely N-dealkylation sites (N-methyl/N-ethyl adjacent to an activating group) is 1. The van der Waals surface area contributed by atoms with E-state index in [4.69, 9.17) is 46.4 Å². The first-order valence-corrected chi connectivity index (χ1v) is 8.16. The Hall–Kier alpha value is -0.440. The fourth-order valence-corrected chi connectivity index (χ4v) is 3.09. The monoisotopic (exact) mass is 361 g/mol. The Morgan fingerprint density at radius 2 is 1.52 bits per heavy atom. The number of benzene rings is 2. The van der Waals surface area contributed by atoms with Crippen LogP contribution in [0.2, 0.25) is 20.1 Å². The molecule has 0 amide bonds. The molecule has 0 fully saturated rings. The Kier molecular flexibility index (Phi) is 6.21. The van der Waals surface area contributed by atoms with Gasteiger partial charge in [0, 0.05) is 6.04 Å². The molecule has 0 bridgehead atoms. The van der Waals surface area contributed by atoms with E-state index in [1.165, 1.54) is 0 Å². The van der Waals surface area contributed by atoms with Crippen molar-refractivity contribution in [3.8, 4) is 0 Å². The molecule has 112 valence electrons. The summed E-state index contributed by atoms with van der Waals surface area (Å²) in [6.07, 6.45) is 0.688. The summed E-state index contributed by atoms with van der Waals surface area (Å²) in [5.41, 5.74) is 1.94. The highest BCUT2D eigenvalue weighted by molar-refractivity contribution is 6.43. The van der Waals surface area contributed by atoms with Crippen LogP contribution >= 0.6 is 46.4 Å². The molecule has 1 nitrogen and oxygen atoms in total. The van der Waals surface area contributed by atoms with Gasteiger partial charge in [-0.15, -0.1) is 0 Å². The van der Waals surface area contributed by atoms with Crippen molar-refractivity contribution in [2.24, 2.45) is 0 Å². The maximum atomic E-state index is 6.33. The van der Waals surface area contributed by atoms with E-state index >= 15 is 0 Å². The summed E-state index contributed by atoms with van der Waals surface area (Å²) in [6, 6.07) is 11.3. The summed E-state index contributed by atoms with van der Waals surface area (Å²) < 4.78 is 0. The van der Waals surface area contributed by atoms with E-state index in [1.807, 2.05) is 31.2 Å². The van der Waals surface area contributed by atoms with Gasteiger partial charge in [-0.25, -0.2) is 0 Å². The molecule has 0 saturated heterocycles. The third kappa shape index (κ3) is 4.06. The van der Waals surface area contributed by atoms with Gasteiger partial charge in [-0.2, -0.15) is 0 Å². The molecule has 21 heavy (non-hydrogen) atoms. The number of halogens is 4. The van der Waals surface area contributed by atoms with Gasteiger partial charge in [-0.1, -0.05) is 77.6 Å². The summed E-state index contributed by atoms with van der Waals surface area (Å²) in [6.45, 7) is 2.86. The van der Waals surface area contributed by atoms with Crippen molar-refractivity contribution < 1.29 is 0 Å². The van der Waals surface area contributed by atoms with Gasteiger partial charge in [-0.05, 0) is 36.2 Å². The Bertz CT molecular complexity index is 628.